The lowest BCUT2D eigenvalue weighted by molar-refractivity contribution is 0.242. The van der Waals surface area contributed by atoms with Crippen molar-refractivity contribution in [2.75, 3.05) is 13.1 Å². The average molecular weight is 260 g/mol. The SMILES string of the molecule is C=CCNC(=O)NCCc1ccc(C(C)(C)C)cc1. The molecule has 0 unspecified atom stereocenters. The standard InChI is InChI=1S/C16H24N2O/c1-5-11-17-15(19)18-12-10-13-6-8-14(9-7-13)16(2,3)4/h5-9H,1,10-12H2,2-4H3,(H2,17,18,19). The van der Waals surface area contributed by atoms with Gasteiger partial charge in [-0.15, -0.1) is 6.58 Å². The minimum Gasteiger partial charge on any atom is -0.338 e. The second-order valence-electron chi connectivity index (χ2n) is 5.62. The summed E-state index contributed by atoms with van der Waals surface area (Å²) >= 11 is 0. The van der Waals surface area contributed by atoms with Crippen molar-refractivity contribution in [3.05, 3.63) is 48.0 Å². The summed E-state index contributed by atoms with van der Waals surface area (Å²) < 4.78 is 0. The zero-order valence-corrected chi connectivity index (χ0v) is 12.1. The monoisotopic (exact) mass is 260 g/mol. The van der Waals surface area contributed by atoms with Crippen LogP contribution in [0, 0.1) is 0 Å². The van der Waals surface area contributed by atoms with Crippen molar-refractivity contribution in [2.24, 2.45) is 0 Å². The van der Waals surface area contributed by atoms with E-state index in [1.807, 2.05) is 0 Å². The lowest BCUT2D eigenvalue weighted by Crippen LogP contribution is -2.36. The van der Waals surface area contributed by atoms with Crippen LogP contribution in [0.1, 0.15) is 31.9 Å². The van der Waals surface area contributed by atoms with Crippen LogP contribution < -0.4 is 10.6 Å². The zero-order valence-electron chi connectivity index (χ0n) is 12.1. The highest BCUT2D eigenvalue weighted by Crippen LogP contribution is 2.22. The molecule has 19 heavy (non-hydrogen) atoms. The minimum absolute atomic E-state index is 0.147. The van der Waals surface area contributed by atoms with E-state index in [-0.39, 0.29) is 11.4 Å². The van der Waals surface area contributed by atoms with E-state index in [0.29, 0.717) is 13.1 Å². The number of carbonyl (C=O) groups excluding carboxylic acids is 1. The smallest absolute Gasteiger partial charge is 0.315 e. The lowest BCUT2D eigenvalue weighted by atomic mass is 9.86. The van der Waals surface area contributed by atoms with E-state index in [4.69, 9.17) is 0 Å². The maximum Gasteiger partial charge on any atom is 0.315 e. The van der Waals surface area contributed by atoms with Gasteiger partial charge in [-0.25, -0.2) is 4.79 Å². The molecular weight excluding hydrogens is 236 g/mol. The Bertz CT molecular complexity index is 415. The van der Waals surface area contributed by atoms with E-state index in [2.05, 4.69) is 62.2 Å². The molecule has 0 aliphatic carbocycles. The predicted octanol–water partition coefficient (Wildman–Crippen LogP) is 3.01. The van der Waals surface area contributed by atoms with Crippen LogP contribution in [-0.4, -0.2) is 19.1 Å². The summed E-state index contributed by atoms with van der Waals surface area (Å²) in [4.78, 5) is 11.3. The largest absolute Gasteiger partial charge is 0.338 e. The van der Waals surface area contributed by atoms with Gasteiger partial charge in [-0.3, -0.25) is 0 Å². The van der Waals surface area contributed by atoms with Crippen molar-refractivity contribution in [3.63, 3.8) is 0 Å². The Balaban J connectivity index is 2.38. The van der Waals surface area contributed by atoms with E-state index in [1.54, 1.807) is 6.08 Å². The number of hydrogen-bond acceptors (Lipinski definition) is 1. The van der Waals surface area contributed by atoms with Gasteiger partial charge in [-0.2, -0.15) is 0 Å². The molecule has 0 spiro atoms. The molecule has 0 atom stereocenters. The van der Waals surface area contributed by atoms with E-state index in [9.17, 15) is 4.79 Å². The fourth-order valence-corrected chi connectivity index (χ4v) is 1.72. The van der Waals surface area contributed by atoms with Gasteiger partial charge in [0, 0.05) is 13.1 Å². The number of carbonyl (C=O) groups is 1. The maximum atomic E-state index is 11.3. The molecule has 0 fully saturated rings. The lowest BCUT2D eigenvalue weighted by Gasteiger charge is -2.19. The summed E-state index contributed by atoms with van der Waals surface area (Å²) in [6, 6.07) is 8.43. The molecule has 3 heteroatoms. The summed E-state index contributed by atoms with van der Waals surface area (Å²) in [5.74, 6) is 0. The Morgan fingerprint density at radius 2 is 1.84 bits per heavy atom. The highest BCUT2D eigenvalue weighted by molar-refractivity contribution is 5.73. The Kier molecular flexibility index (Phi) is 5.61. The summed E-state index contributed by atoms with van der Waals surface area (Å²) in [5.41, 5.74) is 2.74. The normalized spacial score (nSPS) is 10.9. The molecule has 2 N–H and O–H groups in total. The van der Waals surface area contributed by atoms with E-state index < -0.39 is 0 Å². The number of amides is 2. The fraction of sp³-hybridized carbons (Fsp3) is 0.438. The summed E-state index contributed by atoms with van der Waals surface area (Å²) in [6.45, 7) is 11.3. The zero-order chi connectivity index (χ0) is 14.3. The third-order valence-electron chi connectivity index (χ3n) is 2.93. The summed E-state index contributed by atoms with van der Waals surface area (Å²) in [5, 5.41) is 5.49. The van der Waals surface area contributed by atoms with Crippen molar-refractivity contribution >= 4 is 6.03 Å². The van der Waals surface area contributed by atoms with Gasteiger partial charge in [0.05, 0.1) is 0 Å². The molecule has 0 aromatic heterocycles. The number of nitrogens with one attached hydrogen (secondary N) is 2. The minimum atomic E-state index is -0.147. The van der Waals surface area contributed by atoms with Crippen LogP contribution in [-0.2, 0) is 11.8 Å². The van der Waals surface area contributed by atoms with Crippen molar-refractivity contribution in [1.29, 1.82) is 0 Å². The molecule has 0 saturated heterocycles. The Morgan fingerprint density at radius 3 is 2.37 bits per heavy atom. The van der Waals surface area contributed by atoms with Gasteiger partial charge in [-0.05, 0) is 23.0 Å². The first-order chi connectivity index (χ1) is 8.93. The fourth-order valence-electron chi connectivity index (χ4n) is 1.72. The third-order valence-corrected chi connectivity index (χ3v) is 2.93. The van der Waals surface area contributed by atoms with Crippen molar-refractivity contribution in [1.82, 2.24) is 10.6 Å². The van der Waals surface area contributed by atoms with Crippen LogP contribution >= 0.6 is 0 Å². The highest BCUT2D eigenvalue weighted by atomic mass is 16.2. The molecule has 1 aromatic rings. The second kappa shape index (κ2) is 6.98. The molecule has 3 nitrogen and oxygen atoms in total. The summed E-state index contributed by atoms with van der Waals surface area (Å²) in [6.07, 6.45) is 2.50. The molecule has 1 rings (SSSR count). The maximum absolute atomic E-state index is 11.3. The molecule has 1 aromatic carbocycles. The topological polar surface area (TPSA) is 41.1 Å². The van der Waals surface area contributed by atoms with Crippen LogP contribution in [0.2, 0.25) is 0 Å². The summed E-state index contributed by atoms with van der Waals surface area (Å²) in [7, 11) is 0. The van der Waals surface area contributed by atoms with Gasteiger partial charge in [0.2, 0.25) is 0 Å². The van der Waals surface area contributed by atoms with Crippen LogP contribution in [0.4, 0.5) is 4.79 Å². The molecular formula is C16H24N2O. The third kappa shape index (κ3) is 5.60. The Labute approximate surface area is 116 Å². The Hall–Kier alpha value is -1.77. The van der Waals surface area contributed by atoms with Crippen molar-refractivity contribution in [2.45, 2.75) is 32.6 Å². The van der Waals surface area contributed by atoms with Gasteiger partial charge in [-0.1, -0.05) is 51.1 Å². The quantitative estimate of drug-likeness (QED) is 0.785. The molecule has 0 heterocycles. The van der Waals surface area contributed by atoms with Crippen molar-refractivity contribution < 1.29 is 4.79 Å². The number of benzene rings is 1. The van der Waals surface area contributed by atoms with Crippen LogP contribution in [0.15, 0.2) is 36.9 Å². The average Bonchev–Trinajstić information content (AvgIpc) is 2.36. The Morgan fingerprint density at radius 1 is 1.21 bits per heavy atom. The first-order valence-electron chi connectivity index (χ1n) is 6.65. The molecule has 0 bridgehead atoms. The first-order valence-corrected chi connectivity index (χ1v) is 6.65. The first kappa shape index (κ1) is 15.3. The molecule has 0 saturated carbocycles. The molecule has 0 aliphatic rings. The second-order valence-corrected chi connectivity index (χ2v) is 5.62. The van der Waals surface area contributed by atoms with Crippen molar-refractivity contribution in [3.8, 4) is 0 Å². The molecule has 2 amide bonds. The van der Waals surface area contributed by atoms with Gasteiger partial charge >= 0.3 is 6.03 Å². The van der Waals surface area contributed by atoms with Crippen LogP contribution in [0.3, 0.4) is 0 Å². The molecule has 0 radical (unpaired) electrons. The number of rotatable bonds is 5. The van der Waals surface area contributed by atoms with E-state index >= 15 is 0 Å². The van der Waals surface area contributed by atoms with Gasteiger partial charge in [0.25, 0.3) is 0 Å². The number of urea groups is 1. The van der Waals surface area contributed by atoms with E-state index in [1.165, 1.54) is 11.1 Å². The van der Waals surface area contributed by atoms with E-state index in [0.717, 1.165) is 6.42 Å². The molecule has 0 aliphatic heterocycles. The predicted molar refractivity (Wildman–Crippen MR) is 80.4 cm³/mol. The van der Waals surface area contributed by atoms with Gasteiger partial charge < -0.3 is 10.6 Å². The highest BCUT2D eigenvalue weighted by Gasteiger charge is 2.12. The van der Waals surface area contributed by atoms with Gasteiger partial charge in [0.1, 0.15) is 0 Å². The number of hydrogen-bond donors (Lipinski definition) is 2. The van der Waals surface area contributed by atoms with Crippen LogP contribution in [0.5, 0.6) is 0 Å². The van der Waals surface area contributed by atoms with Crippen LogP contribution in [0.25, 0.3) is 0 Å². The van der Waals surface area contributed by atoms with Gasteiger partial charge in [0.15, 0.2) is 0 Å². The molecule has 104 valence electrons.